The fourth-order valence-electron chi connectivity index (χ4n) is 5.22. The molecule has 9 nitrogen and oxygen atoms in total. The number of nitrogens with zero attached hydrogens (tertiary/aromatic N) is 7. The first-order valence-electron chi connectivity index (χ1n) is 11.9. The Labute approximate surface area is 194 Å². The number of nitrogens with one attached hydrogen (secondary N) is 1. The van der Waals surface area contributed by atoms with E-state index in [1.54, 1.807) is 11.2 Å². The Hall–Kier alpha value is -3.07. The second-order valence-electron chi connectivity index (χ2n) is 9.56. The Bertz CT molecular complexity index is 1130. The summed E-state index contributed by atoms with van der Waals surface area (Å²) in [6.07, 6.45) is 8.47. The molecule has 1 saturated carbocycles. The van der Waals surface area contributed by atoms with Crippen LogP contribution in [0.15, 0.2) is 37.1 Å². The summed E-state index contributed by atoms with van der Waals surface area (Å²) in [5, 5.41) is 11.9. The van der Waals surface area contributed by atoms with E-state index in [1.807, 2.05) is 29.1 Å². The number of pyridine rings is 1. The molecule has 0 spiro atoms. The van der Waals surface area contributed by atoms with E-state index < -0.39 is 0 Å². The zero-order chi connectivity index (χ0) is 23.1. The first-order valence-corrected chi connectivity index (χ1v) is 11.9. The number of hydrogen-bond acceptors (Lipinski definition) is 6. The molecule has 4 atom stereocenters. The van der Waals surface area contributed by atoms with Crippen LogP contribution in [-0.2, 0) is 11.2 Å². The maximum atomic E-state index is 13.7. The molecular formula is C24H32N8O. The smallest absolute Gasteiger partial charge is 0.234 e. The van der Waals surface area contributed by atoms with Gasteiger partial charge in [-0.2, -0.15) is 0 Å². The number of rotatable bonds is 5. The third-order valence-electron chi connectivity index (χ3n) is 7.13. The standard InChI is InChI=1S/C24H32N8O/c1-5-17-11-30(12-25-17)21-10-18-20(9-16(21)4)26-13-32(24(18)33)22-8-6-7-19(28-22)23-29-27-14-31(23)15(2)3/h6-8,11-12,14-16,18,20-21,26H,5,9-10,13H2,1-4H3. The lowest BCUT2D eigenvalue weighted by atomic mass is 9.74. The molecule has 4 unspecified atom stereocenters. The molecule has 2 fully saturated rings. The van der Waals surface area contributed by atoms with Gasteiger partial charge in [0.1, 0.15) is 17.8 Å². The topological polar surface area (TPSA) is 93.8 Å². The normalized spacial score (nSPS) is 25.5. The molecule has 0 bridgehead atoms. The van der Waals surface area contributed by atoms with Gasteiger partial charge in [-0.1, -0.05) is 19.9 Å². The highest BCUT2D eigenvalue weighted by Gasteiger charge is 2.44. The van der Waals surface area contributed by atoms with E-state index in [4.69, 9.17) is 4.98 Å². The third kappa shape index (κ3) is 3.94. The summed E-state index contributed by atoms with van der Waals surface area (Å²) in [5.41, 5.74) is 1.81. The van der Waals surface area contributed by atoms with Crippen molar-refractivity contribution in [3.05, 3.63) is 42.7 Å². The Balaban J connectivity index is 1.39. The molecule has 5 rings (SSSR count). The van der Waals surface area contributed by atoms with Crippen molar-refractivity contribution < 1.29 is 4.79 Å². The molecule has 1 N–H and O–H groups in total. The summed E-state index contributed by atoms with van der Waals surface area (Å²) in [4.78, 5) is 24.8. The SMILES string of the molecule is CCc1cn(C2CC3C(=O)N(c4cccc(-c5nncn5C(C)C)n4)CNC3CC2C)cn1. The molecule has 174 valence electrons. The average molecular weight is 449 g/mol. The first kappa shape index (κ1) is 21.8. The fraction of sp³-hybridized carbons (Fsp3) is 0.542. The van der Waals surface area contributed by atoms with Gasteiger partial charge in [-0.15, -0.1) is 10.2 Å². The van der Waals surface area contributed by atoms with Crippen molar-refractivity contribution in [1.29, 1.82) is 0 Å². The molecule has 0 radical (unpaired) electrons. The van der Waals surface area contributed by atoms with Crippen molar-refractivity contribution in [1.82, 2.24) is 34.6 Å². The number of amides is 1. The van der Waals surface area contributed by atoms with Gasteiger partial charge in [-0.25, -0.2) is 9.97 Å². The van der Waals surface area contributed by atoms with E-state index in [-0.39, 0.29) is 30.0 Å². The number of hydrogen-bond donors (Lipinski definition) is 1. The molecule has 2 aliphatic rings. The van der Waals surface area contributed by atoms with E-state index in [1.165, 1.54) is 0 Å². The second-order valence-corrected chi connectivity index (χ2v) is 9.56. The first-order chi connectivity index (χ1) is 16.0. The van der Waals surface area contributed by atoms with Crippen LogP contribution in [0.5, 0.6) is 0 Å². The quantitative estimate of drug-likeness (QED) is 0.644. The molecule has 4 heterocycles. The lowest BCUT2D eigenvalue weighted by Gasteiger charge is -2.45. The highest BCUT2D eigenvalue weighted by Crippen LogP contribution is 2.40. The van der Waals surface area contributed by atoms with E-state index in [0.29, 0.717) is 29.9 Å². The summed E-state index contributed by atoms with van der Waals surface area (Å²) in [7, 11) is 0. The van der Waals surface area contributed by atoms with Gasteiger partial charge in [0.25, 0.3) is 0 Å². The minimum absolute atomic E-state index is 0.0859. The van der Waals surface area contributed by atoms with Gasteiger partial charge < -0.3 is 9.13 Å². The maximum absolute atomic E-state index is 13.7. The van der Waals surface area contributed by atoms with Gasteiger partial charge >= 0.3 is 0 Å². The molecule has 1 amide bonds. The Morgan fingerprint density at radius 3 is 2.82 bits per heavy atom. The third-order valence-corrected chi connectivity index (χ3v) is 7.13. The number of aromatic nitrogens is 6. The number of aryl methyl sites for hydroxylation is 1. The lowest BCUT2D eigenvalue weighted by molar-refractivity contribution is -0.127. The van der Waals surface area contributed by atoms with E-state index in [2.05, 4.69) is 59.0 Å². The zero-order valence-corrected chi connectivity index (χ0v) is 19.7. The minimum Gasteiger partial charge on any atom is -0.334 e. The largest absolute Gasteiger partial charge is 0.334 e. The molecule has 33 heavy (non-hydrogen) atoms. The maximum Gasteiger partial charge on any atom is 0.234 e. The van der Waals surface area contributed by atoms with E-state index >= 15 is 0 Å². The van der Waals surface area contributed by atoms with E-state index in [9.17, 15) is 4.79 Å². The molecular weight excluding hydrogens is 416 g/mol. The minimum atomic E-state index is -0.0859. The molecule has 9 heteroatoms. The second kappa shape index (κ2) is 8.70. The van der Waals surface area contributed by atoms with Crippen LogP contribution in [0.1, 0.15) is 58.3 Å². The predicted octanol–water partition coefficient (Wildman–Crippen LogP) is 3.23. The number of imidazole rings is 1. The van der Waals surface area contributed by atoms with Crippen molar-refractivity contribution in [2.75, 3.05) is 11.6 Å². The summed E-state index contributed by atoms with van der Waals surface area (Å²) in [6, 6.07) is 6.43. The van der Waals surface area contributed by atoms with Gasteiger partial charge in [0.05, 0.1) is 24.6 Å². The number of fused-ring (bicyclic) bond motifs is 1. The molecule has 3 aromatic heterocycles. The van der Waals surface area contributed by atoms with E-state index in [0.717, 1.165) is 25.0 Å². The Morgan fingerprint density at radius 1 is 1.21 bits per heavy atom. The highest BCUT2D eigenvalue weighted by atomic mass is 16.2. The lowest BCUT2D eigenvalue weighted by Crippen LogP contribution is -2.60. The van der Waals surface area contributed by atoms with Gasteiger partial charge in [0.2, 0.25) is 5.91 Å². The van der Waals surface area contributed by atoms with Crippen LogP contribution in [0, 0.1) is 11.8 Å². The number of anilines is 1. The Morgan fingerprint density at radius 2 is 2.06 bits per heavy atom. The number of carbonyl (C=O) groups is 1. The fourth-order valence-corrected chi connectivity index (χ4v) is 5.22. The van der Waals surface area contributed by atoms with Crippen LogP contribution in [0.3, 0.4) is 0 Å². The summed E-state index contributed by atoms with van der Waals surface area (Å²) in [6.45, 7) is 9.03. The van der Waals surface area contributed by atoms with Crippen molar-refractivity contribution in [3.63, 3.8) is 0 Å². The molecule has 1 aliphatic heterocycles. The Kier molecular flexibility index (Phi) is 5.74. The molecule has 1 saturated heterocycles. The van der Waals surface area contributed by atoms with Crippen LogP contribution in [0.2, 0.25) is 0 Å². The van der Waals surface area contributed by atoms with Crippen LogP contribution in [0.25, 0.3) is 11.5 Å². The van der Waals surface area contributed by atoms with Crippen LogP contribution in [0.4, 0.5) is 5.82 Å². The molecule has 0 aromatic carbocycles. The van der Waals surface area contributed by atoms with Gasteiger partial charge in [-0.3, -0.25) is 15.0 Å². The molecule has 3 aromatic rings. The summed E-state index contributed by atoms with van der Waals surface area (Å²) >= 11 is 0. The highest BCUT2D eigenvalue weighted by molar-refractivity contribution is 5.95. The zero-order valence-electron chi connectivity index (χ0n) is 19.7. The average Bonchev–Trinajstić information content (AvgIpc) is 3.49. The van der Waals surface area contributed by atoms with Gasteiger partial charge in [0.15, 0.2) is 5.82 Å². The van der Waals surface area contributed by atoms with Crippen LogP contribution in [-0.4, -0.2) is 47.9 Å². The van der Waals surface area contributed by atoms with Crippen molar-refractivity contribution >= 4 is 11.7 Å². The van der Waals surface area contributed by atoms with Crippen molar-refractivity contribution in [2.45, 2.75) is 65.1 Å². The van der Waals surface area contributed by atoms with Crippen LogP contribution < -0.4 is 10.2 Å². The van der Waals surface area contributed by atoms with Gasteiger partial charge in [-0.05, 0) is 51.2 Å². The van der Waals surface area contributed by atoms with Crippen molar-refractivity contribution in [2.24, 2.45) is 11.8 Å². The summed E-state index contributed by atoms with van der Waals surface area (Å²) in [5.74, 6) is 1.88. The predicted molar refractivity (Wildman–Crippen MR) is 125 cm³/mol. The van der Waals surface area contributed by atoms with Gasteiger partial charge in [0, 0.05) is 24.3 Å². The monoisotopic (exact) mass is 448 g/mol. The molecule has 1 aliphatic carbocycles. The van der Waals surface area contributed by atoms with Crippen LogP contribution >= 0.6 is 0 Å². The van der Waals surface area contributed by atoms with Crippen molar-refractivity contribution in [3.8, 4) is 11.5 Å². The summed E-state index contributed by atoms with van der Waals surface area (Å²) < 4.78 is 4.20. The number of carbonyl (C=O) groups excluding carboxylic acids is 1.